The van der Waals surface area contributed by atoms with Crippen LogP contribution < -0.4 is 5.32 Å². The highest BCUT2D eigenvalue weighted by Gasteiger charge is 2.16. The van der Waals surface area contributed by atoms with Crippen LogP contribution in [0, 0.1) is 17.1 Å². The molecular formula is C13H10ClFN2S. The predicted octanol–water partition coefficient (Wildman–Crippen LogP) is 3.90. The first-order chi connectivity index (χ1) is 8.72. The molecule has 0 amide bonds. The molecule has 18 heavy (non-hydrogen) atoms. The molecular weight excluding hydrogens is 271 g/mol. The van der Waals surface area contributed by atoms with Crippen molar-refractivity contribution in [3.8, 4) is 6.07 Å². The van der Waals surface area contributed by atoms with Gasteiger partial charge in [0.15, 0.2) is 0 Å². The number of nitrogens with one attached hydrogen (secondary N) is 1. The van der Waals surface area contributed by atoms with E-state index in [2.05, 4.69) is 5.32 Å². The van der Waals surface area contributed by atoms with Gasteiger partial charge in [-0.1, -0.05) is 29.8 Å². The van der Waals surface area contributed by atoms with Gasteiger partial charge in [-0.3, -0.25) is 5.32 Å². The lowest BCUT2D eigenvalue weighted by Crippen LogP contribution is -2.20. The molecule has 2 aromatic rings. The fourth-order valence-electron chi connectivity index (χ4n) is 1.58. The van der Waals surface area contributed by atoms with Crippen molar-refractivity contribution < 1.29 is 4.39 Å². The lowest BCUT2D eigenvalue weighted by molar-refractivity contribution is 0.564. The fourth-order valence-corrected chi connectivity index (χ4v) is 2.42. The molecule has 0 spiro atoms. The van der Waals surface area contributed by atoms with Crippen molar-refractivity contribution in [2.75, 3.05) is 0 Å². The molecule has 5 heteroatoms. The normalized spacial score (nSPS) is 12.1. The van der Waals surface area contributed by atoms with Crippen LogP contribution in [0.15, 0.2) is 35.7 Å². The molecule has 2 nitrogen and oxygen atoms in total. The number of nitrogens with zero attached hydrogens (tertiary/aromatic N) is 1. The number of rotatable bonds is 4. The van der Waals surface area contributed by atoms with Crippen LogP contribution in [0.3, 0.4) is 0 Å². The minimum atomic E-state index is -0.703. The zero-order chi connectivity index (χ0) is 13.0. The van der Waals surface area contributed by atoms with Crippen molar-refractivity contribution >= 4 is 22.9 Å². The van der Waals surface area contributed by atoms with Crippen LogP contribution in [-0.2, 0) is 6.54 Å². The highest BCUT2D eigenvalue weighted by molar-refractivity contribution is 7.09. The predicted molar refractivity (Wildman–Crippen MR) is 70.9 cm³/mol. The number of thiophene rings is 1. The second-order valence-electron chi connectivity index (χ2n) is 3.67. The van der Waals surface area contributed by atoms with Gasteiger partial charge in [0.25, 0.3) is 0 Å². The average molecular weight is 281 g/mol. The Morgan fingerprint density at radius 2 is 2.22 bits per heavy atom. The molecule has 1 heterocycles. The van der Waals surface area contributed by atoms with E-state index in [9.17, 15) is 4.39 Å². The van der Waals surface area contributed by atoms with Crippen LogP contribution in [0.2, 0.25) is 5.02 Å². The van der Waals surface area contributed by atoms with Crippen molar-refractivity contribution in [2.24, 2.45) is 0 Å². The first kappa shape index (κ1) is 13.0. The van der Waals surface area contributed by atoms with Gasteiger partial charge < -0.3 is 0 Å². The Hall–Kier alpha value is -1.41. The molecule has 0 radical (unpaired) electrons. The SMILES string of the molecule is N#CC(NCc1cccs1)c1cccc(Cl)c1F. The Labute approximate surface area is 114 Å². The topological polar surface area (TPSA) is 35.8 Å². The lowest BCUT2D eigenvalue weighted by Gasteiger charge is -2.12. The second-order valence-corrected chi connectivity index (χ2v) is 5.10. The van der Waals surface area contributed by atoms with E-state index in [-0.39, 0.29) is 10.6 Å². The van der Waals surface area contributed by atoms with Crippen LogP contribution in [0.5, 0.6) is 0 Å². The summed E-state index contributed by atoms with van der Waals surface area (Å²) in [5.41, 5.74) is 0.279. The molecule has 0 aliphatic carbocycles. The summed E-state index contributed by atoms with van der Waals surface area (Å²) in [6.07, 6.45) is 0. The van der Waals surface area contributed by atoms with Gasteiger partial charge in [0, 0.05) is 17.0 Å². The molecule has 0 saturated carbocycles. The maximum Gasteiger partial charge on any atom is 0.147 e. The molecule has 0 bridgehead atoms. The van der Waals surface area contributed by atoms with Crippen molar-refractivity contribution in [3.05, 3.63) is 57.0 Å². The molecule has 92 valence electrons. The molecule has 0 saturated heterocycles. The van der Waals surface area contributed by atoms with Gasteiger partial charge in [-0.25, -0.2) is 4.39 Å². The summed E-state index contributed by atoms with van der Waals surface area (Å²) in [7, 11) is 0. The third-order valence-electron chi connectivity index (χ3n) is 2.48. The molecule has 0 fully saturated rings. The standard InChI is InChI=1S/C13H10ClFN2S/c14-11-5-1-4-10(13(11)15)12(7-16)17-8-9-3-2-6-18-9/h1-6,12,17H,8H2. The molecule has 1 unspecified atom stereocenters. The summed E-state index contributed by atoms with van der Waals surface area (Å²) in [5.74, 6) is -0.538. The smallest absolute Gasteiger partial charge is 0.147 e. The maximum absolute atomic E-state index is 13.8. The van der Waals surface area contributed by atoms with Gasteiger partial charge in [0.05, 0.1) is 11.1 Å². The molecule has 1 atom stereocenters. The summed E-state index contributed by atoms with van der Waals surface area (Å²) in [4.78, 5) is 1.10. The quantitative estimate of drug-likeness (QED) is 0.922. The monoisotopic (exact) mass is 280 g/mol. The molecule has 1 aromatic carbocycles. The largest absolute Gasteiger partial charge is 0.293 e. The van der Waals surface area contributed by atoms with E-state index < -0.39 is 11.9 Å². The summed E-state index contributed by atoms with van der Waals surface area (Å²) in [6, 6.07) is 9.90. The lowest BCUT2D eigenvalue weighted by atomic mass is 10.1. The first-order valence-electron chi connectivity index (χ1n) is 5.31. The number of hydrogen-bond acceptors (Lipinski definition) is 3. The third kappa shape index (κ3) is 2.88. The zero-order valence-corrected chi connectivity index (χ0v) is 10.9. The van der Waals surface area contributed by atoms with Crippen molar-refractivity contribution in [3.63, 3.8) is 0 Å². The summed E-state index contributed by atoms with van der Waals surface area (Å²) >= 11 is 7.29. The minimum absolute atomic E-state index is 0.0330. The van der Waals surface area contributed by atoms with Gasteiger partial charge in [-0.2, -0.15) is 5.26 Å². The number of nitriles is 1. The van der Waals surface area contributed by atoms with Crippen LogP contribution in [0.4, 0.5) is 4.39 Å². The Bertz CT molecular complexity index is 563. The van der Waals surface area contributed by atoms with Crippen LogP contribution in [-0.4, -0.2) is 0 Å². The summed E-state index contributed by atoms with van der Waals surface area (Å²) < 4.78 is 13.8. The van der Waals surface area contributed by atoms with Gasteiger partial charge in [0.2, 0.25) is 0 Å². The first-order valence-corrected chi connectivity index (χ1v) is 6.57. The minimum Gasteiger partial charge on any atom is -0.293 e. The van der Waals surface area contributed by atoms with Gasteiger partial charge in [0.1, 0.15) is 11.9 Å². The molecule has 1 N–H and O–H groups in total. The van der Waals surface area contributed by atoms with E-state index in [4.69, 9.17) is 16.9 Å². The molecule has 0 aliphatic heterocycles. The Kier molecular flexibility index (Phi) is 4.32. The van der Waals surface area contributed by atoms with E-state index in [1.807, 2.05) is 23.6 Å². The van der Waals surface area contributed by atoms with Crippen molar-refractivity contribution in [2.45, 2.75) is 12.6 Å². The second kappa shape index (κ2) is 5.96. The van der Waals surface area contributed by atoms with Crippen LogP contribution >= 0.6 is 22.9 Å². The Balaban J connectivity index is 2.14. The maximum atomic E-state index is 13.8. The van der Waals surface area contributed by atoms with E-state index >= 15 is 0 Å². The van der Waals surface area contributed by atoms with E-state index in [0.717, 1.165) is 4.88 Å². The Morgan fingerprint density at radius 3 is 2.89 bits per heavy atom. The highest BCUT2D eigenvalue weighted by Crippen LogP contribution is 2.23. The van der Waals surface area contributed by atoms with Gasteiger partial charge in [-0.15, -0.1) is 11.3 Å². The van der Waals surface area contributed by atoms with Crippen molar-refractivity contribution in [1.82, 2.24) is 5.32 Å². The molecule has 1 aromatic heterocycles. The summed E-state index contributed by atoms with van der Waals surface area (Å²) in [5, 5.41) is 14.1. The van der Waals surface area contributed by atoms with Gasteiger partial charge in [-0.05, 0) is 17.5 Å². The fraction of sp³-hybridized carbons (Fsp3) is 0.154. The number of benzene rings is 1. The summed E-state index contributed by atoms with van der Waals surface area (Å²) in [6.45, 7) is 0.530. The van der Waals surface area contributed by atoms with Crippen LogP contribution in [0.25, 0.3) is 0 Å². The zero-order valence-electron chi connectivity index (χ0n) is 9.36. The Morgan fingerprint density at radius 1 is 1.39 bits per heavy atom. The van der Waals surface area contributed by atoms with Crippen LogP contribution in [0.1, 0.15) is 16.5 Å². The van der Waals surface area contributed by atoms with Gasteiger partial charge >= 0.3 is 0 Å². The number of hydrogen-bond donors (Lipinski definition) is 1. The van der Waals surface area contributed by atoms with E-state index in [0.29, 0.717) is 6.54 Å². The average Bonchev–Trinajstić information content (AvgIpc) is 2.88. The number of halogens is 2. The highest BCUT2D eigenvalue weighted by atomic mass is 35.5. The van der Waals surface area contributed by atoms with E-state index in [1.54, 1.807) is 23.5 Å². The third-order valence-corrected chi connectivity index (χ3v) is 3.65. The van der Waals surface area contributed by atoms with E-state index in [1.165, 1.54) is 6.07 Å². The van der Waals surface area contributed by atoms with Crippen molar-refractivity contribution in [1.29, 1.82) is 5.26 Å². The molecule has 2 rings (SSSR count). The molecule has 0 aliphatic rings.